The first-order chi connectivity index (χ1) is 10.9. The Balaban J connectivity index is 1.87. The highest BCUT2D eigenvalue weighted by atomic mass is 35.5. The first-order valence-electron chi connectivity index (χ1n) is 8.15. The topological polar surface area (TPSA) is 21.3 Å². The molecule has 1 aliphatic carbocycles. The lowest BCUT2D eigenvalue weighted by Crippen LogP contribution is -2.36. The van der Waals surface area contributed by atoms with Gasteiger partial charge in [0.25, 0.3) is 0 Å². The fourth-order valence-corrected chi connectivity index (χ4v) is 4.15. The Morgan fingerprint density at radius 1 is 1.26 bits per heavy atom. The summed E-state index contributed by atoms with van der Waals surface area (Å²) in [5, 5.41) is 3.02. The maximum atomic E-state index is 13.3. The molecular weight excluding hydrogens is 327 g/mol. The zero-order valence-electron chi connectivity index (χ0n) is 12.9. The Kier molecular flexibility index (Phi) is 4.79. The molecule has 1 unspecified atom stereocenters. The van der Waals surface area contributed by atoms with E-state index in [1.165, 1.54) is 18.2 Å². The van der Waals surface area contributed by atoms with Gasteiger partial charge in [-0.2, -0.15) is 13.2 Å². The zero-order chi connectivity index (χ0) is 16.5. The smallest absolute Gasteiger partial charge is 0.421 e. The van der Waals surface area contributed by atoms with Crippen LogP contribution in [0.4, 0.5) is 13.2 Å². The van der Waals surface area contributed by atoms with Gasteiger partial charge < -0.3 is 10.1 Å². The minimum absolute atomic E-state index is 0.127. The van der Waals surface area contributed by atoms with Gasteiger partial charge >= 0.3 is 6.18 Å². The second-order valence-electron chi connectivity index (χ2n) is 6.67. The molecule has 0 bridgehead atoms. The zero-order valence-corrected chi connectivity index (χ0v) is 13.6. The van der Waals surface area contributed by atoms with Crippen molar-refractivity contribution in [1.29, 1.82) is 0 Å². The molecular formula is C17H21ClF3NO. The van der Waals surface area contributed by atoms with E-state index >= 15 is 0 Å². The fourth-order valence-electron chi connectivity index (χ4n) is 3.88. The van der Waals surface area contributed by atoms with Crippen molar-refractivity contribution in [2.24, 2.45) is 5.92 Å². The molecule has 3 rings (SSSR count). The van der Waals surface area contributed by atoms with Crippen LogP contribution in [0.25, 0.3) is 0 Å². The van der Waals surface area contributed by atoms with Crippen LogP contribution < -0.4 is 10.1 Å². The van der Waals surface area contributed by atoms with E-state index in [9.17, 15) is 13.2 Å². The minimum Gasteiger partial charge on any atom is -0.487 e. The van der Waals surface area contributed by atoms with E-state index in [4.69, 9.17) is 16.3 Å². The summed E-state index contributed by atoms with van der Waals surface area (Å²) in [6, 6.07) is 4.17. The van der Waals surface area contributed by atoms with Crippen molar-refractivity contribution in [2.45, 2.75) is 50.3 Å². The van der Waals surface area contributed by atoms with Crippen LogP contribution in [0.2, 0.25) is 5.02 Å². The summed E-state index contributed by atoms with van der Waals surface area (Å²) in [5.74, 6) is 0.347. The molecule has 1 atom stereocenters. The van der Waals surface area contributed by atoms with Gasteiger partial charge in [-0.15, -0.1) is 0 Å². The van der Waals surface area contributed by atoms with Crippen LogP contribution >= 0.6 is 11.6 Å². The van der Waals surface area contributed by atoms with Crippen LogP contribution in [0.5, 0.6) is 5.75 Å². The predicted octanol–water partition coefficient (Wildman–Crippen LogP) is 5.05. The second kappa shape index (κ2) is 6.52. The molecule has 6 heteroatoms. The van der Waals surface area contributed by atoms with Gasteiger partial charge in [-0.1, -0.05) is 17.7 Å². The molecule has 2 fully saturated rings. The van der Waals surface area contributed by atoms with E-state index < -0.39 is 17.3 Å². The van der Waals surface area contributed by atoms with Crippen molar-refractivity contribution >= 4 is 11.6 Å². The van der Waals surface area contributed by atoms with Crippen LogP contribution in [0.1, 0.15) is 44.1 Å². The lowest BCUT2D eigenvalue weighted by atomic mass is 9.88. The first-order valence-corrected chi connectivity index (χ1v) is 8.53. The van der Waals surface area contributed by atoms with Gasteiger partial charge in [0, 0.05) is 0 Å². The van der Waals surface area contributed by atoms with Gasteiger partial charge in [-0.25, -0.2) is 0 Å². The van der Waals surface area contributed by atoms with E-state index in [0.29, 0.717) is 5.92 Å². The Labute approximate surface area is 139 Å². The summed E-state index contributed by atoms with van der Waals surface area (Å²) in [6.07, 6.45) is 0.990. The lowest BCUT2D eigenvalue weighted by molar-refractivity contribution is -0.140. The molecule has 0 aromatic heterocycles. The van der Waals surface area contributed by atoms with Crippen molar-refractivity contribution in [2.75, 3.05) is 13.1 Å². The van der Waals surface area contributed by atoms with Gasteiger partial charge in [0.15, 0.2) is 0 Å². The molecule has 0 radical (unpaired) electrons. The average molecular weight is 348 g/mol. The summed E-state index contributed by atoms with van der Waals surface area (Å²) in [6.45, 7) is 1.90. The summed E-state index contributed by atoms with van der Waals surface area (Å²) in [7, 11) is 0. The van der Waals surface area contributed by atoms with Crippen LogP contribution in [0.3, 0.4) is 0 Å². The summed E-state index contributed by atoms with van der Waals surface area (Å²) >= 11 is 5.81. The Morgan fingerprint density at radius 2 is 2.00 bits per heavy atom. The highest BCUT2D eigenvalue weighted by Crippen LogP contribution is 2.46. The molecule has 0 amide bonds. The monoisotopic (exact) mass is 347 g/mol. The number of hydrogen-bond acceptors (Lipinski definition) is 2. The van der Waals surface area contributed by atoms with Crippen LogP contribution in [0.15, 0.2) is 18.2 Å². The molecule has 2 nitrogen and oxygen atoms in total. The minimum atomic E-state index is -4.51. The SMILES string of the molecule is FC(F)(F)c1c(Cl)cccc1OC1(CC2CCNC2)CCCC1. The summed E-state index contributed by atoms with van der Waals surface area (Å²) in [4.78, 5) is 0. The molecule has 1 saturated heterocycles. The highest BCUT2D eigenvalue weighted by molar-refractivity contribution is 6.31. The molecule has 23 heavy (non-hydrogen) atoms. The Hall–Kier alpha value is -0.940. The molecule has 1 aliphatic heterocycles. The van der Waals surface area contributed by atoms with Crippen molar-refractivity contribution < 1.29 is 17.9 Å². The normalized spacial score (nSPS) is 24.1. The Bertz CT molecular complexity index is 549. The van der Waals surface area contributed by atoms with E-state index in [2.05, 4.69) is 5.32 Å². The highest BCUT2D eigenvalue weighted by Gasteiger charge is 2.42. The van der Waals surface area contributed by atoms with Crippen molar-refractivity contribution in [3.8, 4) is 5.75 Å². The van der Waals surface area contributed by atoms with Crippen molar-refractivity contribution in [1.82, 2.24) is 5.32 Å². The third kappa shape index (κ3) is 3.77. The number of ether oxygens (including phenoxy) is 1. The fraction of sp³-hybridized carbons (Fsp3) is 0.647. The number of nitrogens with one attached hydrogen (secondary N) is 1. The van der Waals surface area contributed by atoms with Crippen molar-refractivity contribution in [3.05, 3.63) is 28.8 Å². The van der Waals surface area contributed by atoms with E-state index in [0.717, 1.165) is 51.6 Å². The third-order valence-electron chi connectivity index (χ3n) is 4.92. The largest absolute Gasteiger partial charge is 0.487 e. The number of benzene rings is 1. The van der Waals surface area contributed by atoms with Gasteiger partial charge in [0.05, 0.1) is 5.02 Å². The first kappa shape index (κ1) is 16.9. The molecule has 0 spiro atoms. The van der Waals surface area contributed by atoms with Gasteiger partial charge in [-0.3, -0.25) is 0 Å². The average Bonchev–Trinajstić information content (AvgIpc) is 3.10. The maximum absolute atomic E-state index is 13.3. The predicted molar refractivity (Wildman–Crippen MR) is 83.9 cm³/mol. The molecule has 1 heterocycles. The summed E-state index contributed by atoms with van der Waals surface area (Å²) < 4.78 is 46.0. The van der Waals surface area contributed by atoms with Crippen molar-refractivity contribution in [3.63, 3.8) is 0 Å². The lowest BCUT2D eigenvalue weighted by Gasteiger charge is -2.34. The molecule has 1 N–H and O–H groups in total. The molecule has 1 saturated carbocycles. The molecule has 1 aromatic rings. The third-order valence-corrected chi connectivity index (χ3v) is 5.24. The maximum Gasteiger partial charge on any atom is 0.421 e. The van der Waals surface area contributed by atoms with E-state index in [1.807, 2.05) is 0 Å². The van der Waals surface area contributed by atoms with Gasteiger partial charge in [0.1, 0.15) is 16.9 Å². The second-order valence-corrected chi connectivity index (χ2v) is 7.07. The molecule has 2 aliphatic rings. The van der Waals surface area contributed by atoms with E-state index in [1.54, 1.807) is 0 Å². The number of halogens is 4. The number of alkyl halides is 3. The van der Waals surface area contributed by atoms with Crippen LogP contribution in [-0.2, 0) is 6.18 Å². The van der Waals surface area contributed by atoms with E-state index in [-0.39, 0.29) is 10.8 Å². The van der Waals surface area contributed by atoms with Crippen LogP contribution in [0, 0.1) is 5.92 Å². The standard InChI is InChI=1S/C17H21ClF3NO/c18-13-4-3-5-14(15(13)17(19,20)21)23-16(7-1-2-8-16)10-12-6-9-22-11-12/h3-5,12,22H,1-2,6-11H2. The number of hydrogen-bond donors (Lipinski definition) is 1. The Morgan fingerprint density at radius 3 is 2.61 bits per heavy atom. The van der Waals surface area contributed by atoms with Gasteiger partial charge in [-0.05, 0) is 69.7 Å². The summed E-state index contributed by atoms with van der Waals surface area (Å²) in [5.41, 5.74) is -1.33. The molecule has 128 valence electrons. The van der Waals surface area contributed by atoms with Crippen LogP contribution in [-0.4, -0.2) is 18.7 Å². The quantitative estimate of drug-likeness (QED) is 0.823. The molecule has 1 aromatic carbocycles. The number of rotatable bonds is 4. The van der Waals surface area contributed by atoms with Gasteiger partial charge in [0.2, 0.25) is 0 Å².